The van der Waals surface area contributed by atoms with Crippen LogP contribution < -0.4 is 10.1 Å². The maximum Gasteiger partial charge on any atom is 0.272 e. The molecule has 0 saturated heterocycles. The first-order chi connectivity index (χ1) is 11.1. The first-order valence-electron chi connectivity index (χ1n) is 8.05. The molecule has 0 aliphatic rings. The number of hydrogen-bond acceptors (Lipinski definition) is 3. The summed E-state index contributed by atoms with van der Waals surface area (Å²) in [5, 5.41) is 7.27. The molecular formula is C18H25N3O2. The fourth-order valence-electron chi connectivity index (χ4n) is 2.56. The zero-order valence-electron chi connectivity index (χ0n) is 14.1. The number of unbranched alkanes of at least 4 members (excludes halogenated alkanes) is 1. The highest BCUT2D eigenvalue weighted by molar-refractivity contribution is 5.92. The number of amides is 1. The maximum atomic E-state index is 12.3. The fourth-order valence-corrected chi connectivity index (χ4v) is 2.56. The van der Waals surface area contributed by atoms with Gasteiger partial charge >= 0.3 is 0 Å². The van der Waals surface area contributed by atoms with Gasteiger partial charge in [0.15, 0.2) is 0 Å². The zero-order valence-corrected chi connectivity index (χ0v) is 14.1. The van der Waals surface area contributed by atoms with Crippen molar-refractivity contribution in [2.24, 2.45) is 7.05 Å². The molecular weight excluding hydrogens is 290 g/mol. The largest absolute Gasteiger partial charge is 0.497 e. The number of carbonyl (C=O) groups excluding carboxylic acids is 1. The van der Waals surface area contributed by atoms with Gasteiger partial charge in [0.05, 0.1) is 7.11 Å². The van der Waals surface area contributed by atoms with Crippen LogP contribution in [0.4, 0.5) is 0 Å². The van der Waals surface area contributed by atoms with Gasteiger partial charge in [-0.1, -0.05) is 31.9 Å². The van der Waals surface area contributed by atoms with Crippen LogP contribution in [0.15, 0.2) is 36.5 Å². The van der Waals surface area contributed by atoms with E-state index in [0.717, 1.165) is 37.0 Å². The number of carbonyl (C=O) groups is 1. The summed E-state index contributed by atoms with van der Waals surface area (Å²) in [5.41, 5.74) is 1.62. The quantitative estimate of drug-likeness (QED) is 0.815. The van der Waals surface area contributed by atoms with Crippen LogP contribution >= 0.6 is 0 Å². The second-order valence-electron chi connectivity index (χ2n) is 5.74. The zero-order chi connectivity index (χ0) is 16.7. The number of methoxy groups -OCH3 is 1. The molecule has 124 valence electrons. The number of rotatable bonds is 8. The van der Waals surface area contributed by atoms with E-state index < -0.39 is 0 Å². The first-order valence-corrected chi connectivity index (χ1v) is 8.05. The fraction of sp³-hybridized carbons (Fsp3) is 0.444. The van der Waals surface area contributed by atoms with Crippen molar-refractivity contribution in [2.75, 3.05) is 7.11 Å². The number of hydrogen-bond donors (Lipinski definition) is 1. The normalized spacial score (nSPS) is 12.0. The van der Waals surface area contributed by atoms with Gasteiger partial charge in [0, 0.05) is 19.3 Å². The molecule has 2 aromatic rings. The molecule has 1 aromatic heterocycles. The van der Waals surface area contributed by atoms with Gasteiger partial charge in [-0.25, -0.2) is 0 Å². The van der Waals surface area contributed by atoms with E-state index in [2.05, 4.69) is 23.4 Å². The van der Waals surface area contributed by atoms with Gasteiger partial charge in [0.2, 0.25) is 0 Å². The average Bonchev–Trinajstić information content (AvgIpc) is 2.99. The number of nitrogens with one attached hydrogen (secondary N) is 1. The van der Waals surface area contributed by atoms with Gasteiger partial charge in [-0.15, -0.1) is 0 Å². The Morgan fingerprint density at radius 2 is 2.22 bits per heavy atom. The van der Waals surface area contributed by atoms with E-state index in [9.17, 15) is 4.79 Å². The van der Waals surface area contributed by atoms with Crippen LogP contribution in [0.2, 0.25) is 0 Å². The summed E-state index contributed by atoms with van der Waals surface area (Å²) in [7, 11) is 3.47. The molecule has 0 unspecified atom stereocenters. The molecule has 0 fully saturated rings. The summed E-state index contributed by atoms with van der Waals surface area (Å²) in [6.07, 6.45) is 5.70. The van der Waals surface area contributed by atoms with Crippen molar-refractivity contribution in [1.82, 2.24) is 15.1 Å². The van der Waals surface area contributed by atoms with Gasteiger partial charge in [0.1, 0.15) is 11.4 Å². The Morgan fingerprint density at radius 1 is 1.39 bits per heavy atom. The molecule has 1 aromatic carbocycles. The third kappa shape index (κ3) is 5.13. The predicted molar refractivity (Wildman–Crippen MR) is 90.7 cm³/mol. The van der Waals surface area contributed by atoms with E-state index in [-0.39, 0.29) is 11.9 Å². The lowest BCUT2D eigenvalue weighted by molar-refractivity contribution is 0.0928. The average molecular weight is 315 g/mol. The highest BCUT2D eigenvalue weighted by atomic mass is 16.5. The van der Waals surface area contributed by atoms with Crippen LogP contribution in [0.5, 0.6) is 5.75 Å². The van der Waals surface area contributed by atoms with Crippen molar-refractivity contribution in [3.05, 3.63) is 47.8 Å². The highest BCUT2D eigenvalue weighted by Crippen LogP contribution is 2.16. The molecule has 1 amide bonds. The molecule has 0 bridgehead atoms. The Labute approximate surface area is 137 Å². The van der Waals surface area contributed by atoms with Crippen LogP contribution in [-0.4, -0.2) is 28.8 Å². The van der Waals surface area contributed by atoms with E-state index in [1.54, 1.807) is 24.1 Å². The van der Waals surface area contributed by atoms with E-state index in [0.29, 0.717) is 5.69 Å². The lowest BCUT2D eigenvalue weighted by atomic mass is 10.0. The molecule has 1 atom stereocenters. The molecule has 5 nitrogen and oxygen atoms in total. The van der Waals surface area contributed by atoms with Crippen LogP contribution in [0.1, 0.15) is 42.2 Å². The third-order valence-corrected chi connectivity index (χ3v) is 3.80. The van der Waals surface area contributed by atoms with Gasteiger partial charge in [0.25, 0.3) is 5.91 Å². The van der Waals surface area contributed by atoms with Gasteiger partial charge in [-0.3, -0.25) is 9.48 Å². The molecule has 0 radical (unpaired) electrons. The first kappa shape index (κ1) is 17.1. The van der Waals surface area contributed by atoms with E-state index in [1.165, 1.54) is 0 Å². The van der Waals surface area contributed by atoms with Crippen LogP contribution in [0, 0.1) is 0 Å². The molecule has 0 saturated carbocycles. The van der Waals surface area contributed by atoms with Crippen LogP contribution in [0.3, 0.4) is 0 Å². The van der Waals surface area contributed by atoms with Crippen molar-refractivity contribution >= 4 is 5.91 Å². The minimum atomic E-state index is -0.116. The molecule has 1 N–H and O–H groups in total. The molecule has 2 rings (SSSR count). The summed E-state index contributed by atoms with van der Waals surface area (Å²) in [5.74, 6) is 0.724. The second-order valence-corrected chi connectivity index (χ2v) is 5.74. The Morgan fingerprint density at radius 3 is 2.87 bits per heavy atom. The summed E-state index contributed by atoms with van der Waals surface area (Å²) in [6, 6.07) is 9.82. The molecule has 5 heteroatoms. The van der Waals surface area contributed by atoms with Crippen molar-refractivity contribution < 1.29 is 9.53 Å². The number of aryl methyl sites for hydroxylation is 1. The maximum absolute atomic E-state index is 12.3. The van der Waals surface area contributed by atoms with E-state index in [1.807, 2.05) is 25.2 Å². The van der Waals surface area contributed by atoms with E-state index >= 15 is 0 Å². The van der Waals surface area contributed by atoms with Gasteiger partial charge in [-0.05, 0) is 36.6 Å². The minimum Gasteiger partial charge on any atom is -0.497 e. The summed E-state index contributed by atoms with van der Waals surface area (Å²) >= 11 is 0. The third-order valence-electron chi connectivity index (χ3n) is 3.80. The van der Waals surface area contributed by atoms with Crippen LogP contribution in [0.25, 0.3) is 0 Å². The topological polar surface area (TPSA) is 56.1 Å². The SMILES string of the molecule is CCCC[C@@H](Cc1cccc(OC)c1)NC(=O)c1ccn(C)n1. The standard InChI is InChI=1S/C18H25N3O2/c1-4-5-8-15(12-14-7-6-9-16(13-14)23-3)19-18(22)17-10-11-21(2)20-17/h6-7,9-11,13,15H,4-5,8,12H2,1-3H3,(H,19,22)/t15-/m0/s1. The number of benzene rings is 1. The van der Waals surface area contributed by atoms with E-state index in [4.69, 9.17) is 4.74 Å². The second kappa shape index (κ2) is 8.36. The van der Waals surface area contributed by atoms with Crippen molar-refractivity contribution in [3.63, 3.8) is 0 Å². The summed E-state index contributed by atoms with van der Waals surface area (Å²) in [4.78, 5) is 12.3. The highest BCUT2D eigenvalue weighted by Gasteiger charge is 2.16. The Kier molecular flexibility index (Phi) is 6.20. The minimum absolute atomic E-state index is 0.0940. The molecule has 23 heavy (non-hydrogen) atoms. The van der Waals surface area contributed by atoms with Crippen LogP contribution in [-0.2, 0) is 13.5 Å². The Hall–Kier alpha value is -2.30. The lowest BCUT2D eigenvalue weighted by Crippen LogP contribution is -2.36. The number of nitrogens with zero attached hydrogens (tertiary/aromatic N) is 2. The molecule has 1 heterocycles. The molecule has 0 aliphatic heterocycles. The Balaban J connectivity index is 2.05. The monoisotopic (exact) mass is 315 g/mol. The number of aromatic nitrogens is 2. The predicted octanol–water partition coefficient (Wildman–Crippen LogP) is 2.96. The van der Waals surface area contributed by atoms with Gasteiger partial charge < -0.3 is 10.1 Å². The lowest BCUT2D eigenvalue weighted by Gasteiger charge is -2.18. The Bertz CT molecular complexity index is 637. The number of ether oxygens (including phenoxy) is 1. The molecule has 0 aliphatic carbocycles. The molecule has 0 spiro atoms. The summed E-state index contributed by atoms with van der Waals surface area (Å²) in [6.45, 7) is 2.16. The van der Waals surface area contributed by atoms with Crippen molar-refractivity contribution in [2.45, 2.75) is 38.6 Å². The van der Waals surface area contributed by atoms with Gasteiger partial charge in [-0.2, -0.15) is 5.10 Å². The van der Waals surface area contributed by atoms with Crippen molar-refractivity contribution in [3.8, 4) is 5.75 Å². The summed E-state index contributed by atoms with van der Waals surface area (Å²) < 4.78 is 6.91. The van der Waals surface area contributed by atoms with Crippen molar-refractivity contribution in [1.29, 1.82) is 0 Å². The smallest absolute Gasteiger partial charge is 0.272 e.